The number of amides is 1. The van der Waals surface area contributed by atoms with E-state index in [0.29, 0.717) is 17.5 Å². The maximum Gasteiger partial charge on any atom is 0.260 e. The minimum absolute atomic E-state index is 0.108. The average molecular weight is 275 g/mol. The highest BCUT2D eigenvalue weighted by molar-refractivity contribution is 6.05. The molecule has 3 N–H and O–H groups in total. The van der Waals surface area contributed by atoms with Gasteiger partial charge in [-0.15, -0.1) is 0 Å². The van der Waals surface area contributed by atoms with Crippen LogP contribution < -0.4 is 10.1 Å². The summed E-state index contributed by atoms with van der Waals surface area (Å²) in [6.07, 6.45) is 0. The van der Waals surface area contributed by atoms with Crippen molar-refractivity contribution in [1.29, 1.82) is 0 Å². The van der Waals surface area contributed by atoms with E-state index in [2.05, 4.69) is 15.5 Å². The van der Waals surface area contributed by atoms with Gasteiger partial charge in [0.2, 0.25) is 0 Å². The number of aromatic amines is 1. The summed E-state index contributed by atoms with van der Waals surface area (Å²) in [5.74, 6) is 0.656. The van der Waals surface area contributed by atoms with E-state index in [9.17, 15) is 9.90 Å². The van der Waals surface area contributed by atoms with Crippen molar-refractivity contribution < 1.29 is 14.6 Å². The van der Waals surface area contributed by atoms with E-state index in [-0.39, 0.29) is 11.3 Å². The number of hydrogen-bond acceptors (Lipinski definition) is 4. The molecule has 2 aromatic rings. The summed E-state index contributed by atoms with van der Waals surface area (Å²) in [5.41, 5.74) is 1.06. The number of hydrogen-bond donors (Lipinski definition) is 3. The zero-order chi connectivity index (χ0) is 14.7. The number of aromatic hydroxyl groups is 1. The number of nitrogens with zero attached hydrogens (tertiary/aromatic N) is 1. The van der Waals surface area contributed by atoms with E-state index in [0.717, 1.165) is 5.69 Å². The zero-order valence-corrected chi connectivity index (χ0v) is 11.6. The SMILES string of the molecule is COc1ccc(O)c(C(=O)Nc2cc(C(C)C)[nH]n2)c1. The molecule has 6 heteroatoms. The third kappa shape index (κ3) is 2.90. The lowest BCUT2D eigenvalue weighted by molar-refractivity contribution is 0.102. The van der Waals surface area contributed by atoms with Crippen molar-refractivity contribution >= 4 is 11.7 Å². The Labute approximate surface area is 116 Å². The first-order chi connectivity index (χ1) is 9.51. The molecule has 20 heavy (non-hydrogen) atoms. The smallest absolute Gasteiger partial charge is 0.260 e. The molecule has 0 saturated carbocycles. The van der Waals surface area contributed by atoms with Gasteiger partial charge in [-0.25, -0.2) is 0 Å². The van der Waals surface area contributed by atoms with Crippen molar-refractivity contribution in [3.8, 4) is 11.5 Å². The van der Waals surface area contributed by atoms with Crippen LogP contribution in [0.5, 0.6) is 11.5 Å². The fourth-order valence-electron chi connectivity index (χ4n) is 1.70. The summed E-state index contributed by atoms with van der Waals surface area (Å²) < 4.78 is 5.03. The van der Waals surface area contributed by atoms with Crippen molar-refractivity contribution in [2.75, 3.05) is 12.4 Å². The van der Waals surface area contributed by atoms with Gasteiger partial charge >= 0.3 is 0 Å². The number of carbonyl (C=O) groups is 1. The Balaban J connectivity index is 2.19. The van der Waals surface area contributed by atoms with Crippen LogP contribution in [0.2, 0.25) is 0 Å². The van der Waals surface area contributed by atoms with Crippen LogP contribution in [-0.2, 0) is 0 Å². The molecular weight excluding hydrogens is 258 g/mol. The lowest BCUT2D eigenvalue weighted by Crippen LogP contribution is -2.12. The number of methoxy groups -OCH3 is 1. The van der Waals surface area contributed by atoms with Crippen molar-refractivity contribution in [2.24, 2.45) is 0 Å². The van der Waals surface area contributed by atoms with Crippen LogP contribution in [0.15, 0.2) is 24.3 Å². The number of anilines is 1. The van der Waals surface area contributed by atoms with Gasteiger partial charge in [0.1, 0.15) is 11.5 Å². The van der Waals surface area contributed by atoms with Gasteiger partial charge in [-0.05, 0) is 24.1 Å². The van der Waals surface area contributed by atoms with Crippen molar-refractivity contribution in [1.82, 2.24) is 10.2 Å². The third-order valence-electron chi connectivity index (χ3n) is 2.91. The number of carbonyl (C=O) groups excluding carboxylic acids is 1. The molecule has 0 aliphatic carbocycles. The molecule has 2 rings (SSSR count). The average Bonchev–Trinajstić information content (AvgIpc) is 2.88. The standard InChI is InChI=1S/C14H17N3O3/c1-8(2)11-7-13(17-16-11)15-14(19)10-6-9(20-3)4-5-12(10)18/h4-8,18H,1-3H3,(H2,15,16,17,19). The summed E-state index contributed by atoms with van der Waals surface area (Å²) >= 11 is 0. The van der Waals surface area contributed by atoms with Crippen LogP contribution in [0.25, 0.3) is 0 Å². The molecule has 0 radical (unpaired) electrons. The Morgan fingerprint density at radius 2 is 2.15 bits per heavy atom. The van der Waals surface area contributed by atoms with E-state index in [4.69, 9.17) is 4.74 Å². The van der Waals surface area contributed by atoms with Gasteiger partial charge in [0.05, 0.1) is 12.7 Å². The van der Waals surface area contributed by atoms with E-state index in [1.165, 1.54) is 19.2 Å². The molecule has 0 saturated heterocycles. The molecule has 0 spiro atoms. The summed E-state index contributed by atoms with van der Waals surface area (Å²) in [6.45, 7) is 4.04. The first-order valence-corrected chi connectivity index (χ1v) is 6.25. The van der Waals surface area contributed by atoms with Crippen LogP contribution in [-0.4, -0.2) is 28.3 Å². The molecule has 1 heterocycles. The van der Waals surface area contributed by atoms with Gasteiger partial charge in [-0.1, -0.05) is 13.8 Å². The Bertz CT molecular complexity index is 620. The Hall–Kier alpha value is -2.50. The Morgan fingerprint density at radius 1 is 1.40 bits per heavy atom. The summed E-state index contributed by atoms with van der Waals surface area (Å²) in [5, 5.41) is 19.2. The molecule has 0 aliphatic heterocycles. The van der Waals surface area contributed by atoms with Crippen LogP contribution in [0, 0.1) is 0 Å². The van der Waals surface area contributed by atoms with Crippen LogP contribution >= 0.6 is 0 Å². The van der Waals surface area contributed by atoms with Gasteiger partial charge in [-0.3, -0.25) is 9.89 Å². The van der Waals surface area contributed by atoms with Crippen LogP contribution in [0.4, 0.5) is 5.82 Å². The van der Waals surface area contributed by atoms with Crippen LogP contribution in [0.3, 0.4) is 0 Å². The van der Waals surface area contributed by atoms with E-state index in [1.54, 1.807) is 12.1 Å². The minimum atomic E-state index is -0.441. The molecule has 106 valence electrons. The molecular formula is C14H17N3O3. The second kappa shape index (κ2) is 5.64. The molecule has 0 unspecified atom stereocenters. The topological polar surface area (TPSA) is 87.2 Å². The Kier molecular flexibility index (Phi) is 3.93. The zero-order valence-electron chi connectivity index (χ0n) is 11.6. The molecule has 0 aliphatic rings. The summed E-state index contributed by atoms with van der Waals surface area (Å²) in [6, 6.07) is 6.23. The number of ether oxygens (including phenoxy) is 1. The molecule has 1 aromatic heterocycles. The van der Waals surface area contributed by atoms with Gasteiger partial charge < -0.3 is 15.2 Å². The normalized spacial score (nSPS) is 10.6. The molecule has 1 amide bonds. The molecule has 6 nitrogen and oxygen atoms in total. The quantitative estimate of drug-likeness (QED) is 0.800. The highest BCUT2D eigenvalue weighted by Gasteiger charge is 2.14. The number of rotatable bonds is 4. The fourth-order valence-corrected chi connectivity index (χ4v) is 1.70. The van der Waals surface area contributed by atoms with E-state index < -0.39 is 5.91 Å². The Morgan fingerprint density at radius 3 is 2.75 bits per heavy atom. The second-order valence-electron chi connectivity index (χ2n) is 4.70. The lowest BCUT2D eigenvalue weighted by Gasteiger charge is -2.06. The minimum Gasteiger partial charge on any atom is -0.507 e. The lowest BCUT2D eigenvalue weighted by atomic mass is 10.1. The first-order valence-electron chi connectivity index (χ1n) is 6.25. The number of phenolic OH excluding ortho intramolecular Hbond substituents is 1. The molecule has 0 atom stereocenters. The van der Waals surface area contributed by atoms with Crippen molar-refractivity contribution in [3.63, 3.8) is 0 Å². The molecule has 0 bridgehead atoms. The fraction of sp³-hybridized carbons (Fsp3) is 0.286. The van der Waals surface area contributed by atoms with E-state index >= 15 is 0 Å². The first kappa shape index (κ1) is 13.9. The number of H-pyrrole nitrogens is 1. The second-order valence-corrected chi connectivity index (χ2v) is 4.70. The van der Waals surface area contributed by atoms with Crippen molar-refractivity contribution in [2.45, 2.75) is 19.8 Å². The largest absolute Gasteiger partial charge is 0.507 e. The maximum absolute atomic E-state index is 12.1. The third-order valence-corrected chi connectivity index (χ3v) is 2.91. The van der Waals surface area contributed by atoms with E-state index in [1.807, 2.05) is 13.8 Å². The van der Waals surface area contributed by atoms with Gasteiger partial charge in [0.15, 0.2) is 5.82 Å². The van der Waals surface area contributed by atoms with Crippen molar-refractivity contribution in [3.05, 3.63) is 35.5 Å². The maximum atomic E-state index is 12.1. The predicted octanol–water partition coefficient (Wildman–Crippen LogP) is 2.50. The summed E-state index contributed by atoms with van der Waals surface area (Å²) in [4.78, 5) is 12.1. The highest BCUT2D eigenvalue weighted by Crippen LogP contribution is 2.24. The van der Waals surface area contributed by atoms with Gasteiger partial charge in [-0.2, -0.15) is 5.10 Å². The molecule has 1 aromatic carbocycles. The monoisotopic (exact) mass is 275 g/mol. The number of aromatic nitrogens is 2. The predicted molar refractivity (Wildman–Crippen MR) is 75.3 cm³/mol. The van der Waals surface area contributed by atoms with Gasteiger partial charge in [0.25, 0.3) is 5.91 Å². The number of benzene rings is 1. The molecule has 0 fully saturated rings. The number of phenols is 1. The van der Waals surface area contributed by atoms with Crippen LogP contribution in [0.1, 0.15) is 35.8 Å². The van der Waals surface area contributed by atoms with Gasteiger partial charge in [0, 0.05) is 11.8 Å². The number of nitrogens with one attached hydrogen (secondary N) is 2. The highest BCUT2D eigenvalue weighted by atomic mass is 16.5. The summed E-state index contributed by atoms with van der Waals surface area (Å²) in [7, 11) is 1.50.